The minimum Gasteiger partial charge on any atom is -0.361 e. The van der Waals surface area contributed by atoms with Crippen LogP contribution in [0.2, 0.25) is 0 Å². The van der Waals surface area contributed by atoms with Gasteiger partial charge in [0, 0.05) is 10.7 Å². The topological polar surface area (TPSA) is 16.1 Å². The maximum atomic E-state index is 13.2. The van der Waals surface area contributed by atoms with Crippen LogP contribution in [0.3, 0.4) is 0 Å². The van der Waals surface area contributed by atoms with E-state index in [2.05, 4.69) is 20.9 Å². The molecule has 0 atom stereocenters. The first-order chi connectivity index (χ1) is 6.48. The Kier molecular flexibility index (Phi) is 2.21. The molecular weight excluding hydrogens is 254 g/mol. The van der Waals surface area contributed by atoms with E-state index in [9.17, 15) is 8.78 Å². The summed E-state index contributed by atoms with van der Waals surface area (Å²) in [7, 11) is 0. The SMILES string of the molecule is CC1(F)CN(c2cc(Br)cnc2F)C1. The highest BCUT2D eigenvalue weighted by Gasteiger charge is 2.40. The Morgan fingerprint density at radius 1 is 1.57 bits per heavy atom. The van der Waals surface area contributed by atoms with E-state index in [1.807, 2.05) is 0 Å². The lowest BCUT2D eigenvalue weighted by Crippen LogP contribution is -2.57. The van der Waals surface area contributed by atoms with Crippen LogP contribution in [-0.2, 0) is 0 Å². The highest BCUT2D eigenvalue weighted by Crippen LogP contribution is 2.32. The zero-order valence-electron chi connectivity index (χ0n) is 7.60. The molecule has 0 N–H and O–H groups in total. The van der Waals surface area contributed by atoms with Crippen molar-refractivity contribution in [3.8, 4) is 0 Å². The van der Waals surface area contributed by atoms with E-state index in [4.69, 9.17) is 0 Å². The molecule has 0 saturated carbocycles. The Bertz CT molecular complexity index is 360. The molecular formula is C9H9BrF2N2. The van der Waals surface area contributed by atoms with Crippen molar-refractivity contribution >= 4 is 21.6 Å². The third kappa shape index (κ3) is 1.73. The van der Waals surface area contributed by atoms with E-state index in [-0.39, 0.29) is 13.1 Å². The fourth-order valence-electron chi connectivity index (χ4n) is 1.55. The van der Waals surface area contributed by atoms with Gasteiger partial charge in [0.2, 0.25) is 5.95 Å². The second-order valence-corrected chi connectivity index (χ2v) is 4.65. The number of rotatable bonds is 1. The van der Waals surface area contributed by atoms with Gasteiger partial charge in [0.25, 0.3) is 0 Å². The molecule has 0 aromatic carbocycles. The Hall–Kier alpha value is -0.710. The Morgan fingerprint density at radius 2 is 2.21 bits per heavy atom. The number of pyridine rings is 1. The van der Waals surface area contributed by atoms with Crippen LogP contribution >= 0.6 is 15.9 Å². The molecule has 14 heavy (non-hydrogen) atoms. The highest BCUT2D eigenvalue weighted by molar-refractivity contribution is 9.10. The lowest BCUT2D eigenvalue weighted by atomic mass is 9.98. The maximum Gasteiger partial charge on any atom is 0.236 e. The molecule has 1 aliphatic rings. The van der Waals surface area contributed by atoms with Gasteiger partial charge in [-0.15, -0.1) is 0 Å². The Morgan fingerprint density at radius 3 is 2.79 bits per heavy atom. The van der Waals surface area contributed by atoms with E-state index in [0.717, 1.165) is 0 Å². The average Bonchev–Trinajstić information content (AvgIpc) is 2.05. The Labute approximate surface area is 89.1 Å². The summed E-state index contributed by atoms with van der Waals surface area (Å²) in [6, 6.07) is 1.61. The van der Waals surface area contributed by atoms with Crippen molar-refractivity contribution in [2.75, 3.05) is 18.0 Å². The lowest BCUT2D eigenvalue weighted by molar-refractivity contribution is 0.143. The number of halogens is 3. The first-order valence-electron chi connectivity index (χ1n) is 4.23. The summed E-state index contributed by atoms with van der Waals surface area (Å²) in [5.74, 6) is -0.552. The van der Waals surface area contributed by atoms with Crippen LogP contribution in [0.15, 0.2) is 16.7 Å². The van der Waals surface area contributed by atoms with Crippen molar-refractivity contribution in [3.63, 3.8) is 0 Å². The summed E-state index contributed by atoms with van der Waals surface area (Å²) < 4.78 is 27.1. The second-order valence-electron chi connectivity index (χ2n) is 3.73. The van der Waals surface area contributed by atoms with Crippen molar-refractivity contribution in [3.05, 3.63) is 22.7 Å². The summed E-state index contributed by atoms with van der Waals surface area (Å²) in [6.07, 6.45) is 1.38. The molecule has 0 bridgehead atoms. The van der Waals surface area contributed by atoms with Crippen LogP contribution in [0.4, 0.5) is 14.5 Å². The van der Waals surface area contributed by atoms with Crippen molar-refractivity contribution < 1.29 is 8.78 Å². The van der Waals surface area contributed by atoms with Gasteiger partial charge < -0.3 is 4.90 Å². The molecule has 5 heteroatoms. The number of aromatic nitrogens is 1. The summed E-state index contributed by atoms with van der Waals surface area (Å²) in [6.45, 7) is 1.96. The molecule has 0 amide bonds. The number of anilines is 1. The molecule has 1 saturated heterocycles. The van der Waals surface area contributed by atoms with Crippen molar-refractivity contribution in [2.24, 2.45) is 0 Å². The molecule has 2 heterocycles. The maximum absolute atomic E-state index is 13.2. The highest BCUT2D eigenvalue weighted by atomic mass is 79.9. The van der Waals surface area contributed by atoms with E-state index >= 15 is 0 Å². The molecule has 76 valence electrons. The van der Waals surface area contributed by atoms with Crippen molar-refractivity contribution in [2.45, 2.75) is 12.6 Å². The summed E-state index contributed by atoms with van der Waals surface area (Å²) in [5, 5.41) is 0. The molecule has 0 unspecified atom stereocenters. The minimum absolute atomic E-state index is 0.224. The van der Waals surface area contributed by atoms with Gasteiger partial charge in [-0.2, -0.15) is 4.39 Å². The number of hydrogen-bond donors (Lipinski definition) is 0. The van der Waals surface area contributed by atoms with E-state index in [1.165, 1.54) is 13.1 Å². The van der Waals surface area contributed by atoms with Crippen LogP contribution in [0.5, 0.6) is 0 Å². The summed E-state index contributed by atoms with van der Waals surface area (Å²) >= 11 is 3.20. The molecule has 1 aromatic rings. The molecule has 2 rings (SSSR count). The van der Waals surface area contributed by atoms with E-state index in [0.29, 0.717) is 10.2 Å². The largest absolute Gasteiger partial charge is 0.361 e. The fraction of sp³-hybridized carbons (Fsp3) is 0.444. The van der Waals surface area contributed by atoms with Gasteiger partial charge >= 0.3 is 0 Å². The molecule has 1 aliphatic heterocycles. The molecule has 0 radical (unpaired) electrons. The first-order valence-corrected chi connectivity index (χ1v) is 5.02. The number of hydrogen-bond acceptors (Lipinski definition) is 2. The third-order valence-electron chi connectivity index (χ3n) is 2.17. The predicted molar refractivity (Wildman–Crippen MR) is 53.6 cm³/mol. The molecule has 2 nitrogen and oxygen atoms in total. The quantitative estimate of drug-likeness (QED) is 0.724. The molecule has 0 aliphatic carbocycles. The number of alkyl halides is 1. The molecule has 1 fully saturated rings. The van der Waals surface area contributed by atoms with Gasteiger partial charge in [-0.1, -0.05) is 0 Å². The fourth-order valence-corrected chi connectivity index (χ4v) is 1.87. The van der Waals surface area contributed by atoms with Gasteiger partial charge in [-0.3, -0.25) is 0 Å². The number of nitrogens with zero attached hydrogens (tertiary/aromatic N) is 2. The van der Waals surface area contributed by atoms with E-state index < -0.39 is 11.6 Å². The normalized spacial score (nSPS) is 19.3. The Balaban J connectivity index is 2.22. The molecule has 0 spiro atoms. The third-order valence-corrected chi connectivity index (χ3v) is 2.60. The standard InChI is InChI=1S/C9H9BrF2N2/c1-9(12)4-14(5-9)7-2-6(10)3-13-8(7)11/h2-3H,4-5H2,1H3. The van der Waals surface area contributed by atoms with Crippen LogP contribution < -0.4 is 4.90 Å². The summed E-state index contributed by atoms with van der Waals surface area (Å²) in [4.78, 5) is 5.18. The average molecular weight is 263 g/mol. The van der Waals surface area contributed by atoms with Gasteiger partial charge in [0.15, 0.2) is 0 Å². The minimum atomic E-state index is -1.20. The smallest absolute Gasteiger partial charge is 0.236 e. The summed E-state index contributed by atoms with van der Waals surface area (Å²) in [5.41, 5.74) is -0.844. The first kappa shape index (κ1) is 9.83. The van der Waals surface area contributed by atoms with Gasteiger partial charge in [-0.05, 0) is 28.9 Å². The van der Waals surface area contributed by atoms with Crippen LogP contribution in [-0.4, -0.2) is 23.7 Å². The van der Waals surface area contributed by atoms with Crippen molar-refractivity contribution in [1.82, 2.24) is 4.98 Å². The van der Waals surface area contributed by atoms with Crippen LogP contribution in [0.25, 0.3) is 0 Å². The van der Waals surface area contributed by atoms with Crippen LogP contribution in [0.1, 0.15) is 6.92 Å². The van der Waals surface area contributed by atoms with Gasteiger partial charge in [0.1, 0.15) is 5.67 Å². The zero-order chi connectivity index (χ0) is 10.3. The molecule has 1 aromatic heterocycles. The zero-order valence-corrected chi connectivity index (χ0v) is 9.18. The van der Waals surface area contributed by atoms with Crippen molar-refractivity contribution in [1.29, 1.82) is 0 Å². The monoisotopic (exact) mass is 262 g/mol. The van der Waals surface area contributed by atoms with E-state index in [1.54, 1.807) is 11.0 Å². The second kappa shape index (κ2) is 3.15. The lowest BCUT2D eigenvalue weighted by Gasteiger charge is -2.43. The predicted octanol–water partition coefficient (Wildman–Crippen LogP) is 2.53. The van der Waals surface area contributed by atoms with Gasteiger partial charge in [-0.25, -0.2) is 9.37 Å². The van der Waals surface area contributed by atoms with Crippen LogP contribution in [0, 0.1) is 5.95 Å². The van der Waals surface area contributed by atoms with Gasteiger partial charge in [0.05, 0.1) is 18.8 Å².